The Balaban J connectivity index is 1.45. The van der Waals surface area contributed by atoms with E-state index in [2.05, 4.69) is 58.3 Å². The van der Waals surface area contributed by atoms with Crippen molar-refractivity contribution in [2.75, 3.05) is 19.6 Å². The standard InChI is InChI=1S/C27H29F3N2/c28-27(29,30)25-13-7-12-22(18-25)14-15-26-21-31(19-23-8-3-1-4-9-23)16-17-32(26)20-24-10-5-2-6-11-24/h1-13,18,26H,14-17,19-21H2/t26-/m0/s1. The van der Waals surface area contributed by atoms with Crippen molar-refractivity contribution in [2.24, 2.45) is 0 Å². The summed E-state index contributed by atoms with van der Waals surface area (Å²) in [6.07, 6.45) is -2.83. The van der Waals surface area contributed by atoms with Crippen molar-refractivity contribution in [3.05, 3.63) is 107 Å². The third kappa shape index (κ3) is 6.21. The molecule has 2 nitrogen and oxygen atoms in total. The summed E-state index contributed by atoms with van der Waals surface area (Å²) < 4.78 is 39.3. The highest BCUT2D eigenvalue weighted by atomic mass is 19.4. The fourth-order valence-corrected chi connectivity index (χ4v) is 4.48. The molecule has 1 saturated heterocycles. The molecule has 3 aromatic carbocycles. The summed E-state index contributed by atoms with van der Waals surface area (Å²) in [5.41, 5.74) is 2.75. The summed E-state index contributed by atoms with van der Waals surface area (Å²) in [4.78, 5) is 4.96. The van der Waals surface area contributed by atoms with Crippen LogP contribution in [0.15, 0.2) is 84.9 Å². The minimum absolute atomic E-state index is 0.294. The fraction of sp³-hybridized carbons (Fsp3) is 0.333. The molecule has 0 radical (unpaired) electrons. The Kier molecular flexibility index (Phi) is 7.28. The summed E-state index contributed by atoms with van der Waals surface area (Å²) in [5.74, 6) is 0. The Bertz CT molecular complexity index is 973. The van der Waals surface area contributed by atoms with Crippen LogP contribution < -0.4 is 0 Å². The SMILES string of the molecule is FC(F)(F)c1cccc(CC[C@H]2CN(Cc3ccccc3)CCN2Cc2ccccc2)c1. The summed E-state index contributed by atoms with van der Waals surface area (Å²) >= 11 is 0. The fourth-order valence-electron chi connectivity index (χ4n) is 4.48. The number of halogens is 3. The Labute approximate surface area is 188 Å². The van der Waals surface area contributed by atoms with E-state index in [1.165, 1.54) is 23.3 Å². The van der Waals surface area contributed by atoms with Crippen LogP contribution >= 0.6 is 0 Å². The summed E-state index contributed by atoms with van der Waals surface area (Å²) in [6, 6.07) is 26.9. The molecule has 0 aliphatic carbocycles. The van der Waals surface area contributed by atoms with Gasteiger partial charge in [0, 0.05) is 38.8 Å². The second-order valence-corrected chi connectivity index (χ2v) is 8.57. The average molecular weight is 439 g/mol. The highest BCUT2D eigenvalue weighted by molar-refractivity contribution is 5.26. The van der Waals surface area contributed by atoms with Gasteiger partial charge in [0.1, 0.15) is 0 Å². The average Bonchev–Trinajstić information content (AvgIpc) is 2.80. The zero-order valence-corrected chi connectivity index (χ0v) is 18.1. The van der Waals surface area contributed by atoms with Gasteiger partial charge in [0.2, 0.25) is 0 Å². The highest BCUT2D eigenvalue weighted by Crippen LogP contribution is 2.30. The zero-order valence-electron chi connectivity index (χ0n) is 18.1. The Morgan fingerprint density at radius 1 is 0.719 bits per heavy atom. The van der Waals surface area contributed by atoms with Gasteiger partial charge in [-0.1, -0.05) is 78.9 Å². The number of nitrogens with zero attached hydrogens (tertiary/aromatic N) is 2. The maximum Gasteiger partial charge on any atom is 0.416 e. The number of aryl methyl sites for hydroxylation is 1. The molecule has 168 valence electrons. The Morgan fingerprint density at radius 3 is 2.00 bits per heavy atom. The number of hydrogen-bond acceptors (Lipinski definition) is 2. The van der Waals surface area contributed by atoms with E-state index in [1.807, 2.05) is 12.1 Å². The van der Waals surface area contributed by atoms with Crippen LogP contribution in [0.2, 0.25) is 0 Å². The van der Waals surface area contributed by atoms with Gasteiger partial charge < -0.3 is 0 Å². The lowest BCUT2D eigenvalue weighted by molar-refractivity contribution is -0.137. The first-order valence-electron chi connectivity index (χ1n) is 11.2. The van der Waals surface area contributed by atoms with Gasteiger partial charge in [0.15, 0.2) is 0 Å². The monoisotopic (exact) mass is 438 g/mol. The quantitative estimate of drug-likeness (QED) is 0.445. The van der Waals surface area contributed by atoms with Crippen molar-refractivity contribution in [1.82, 2.24) is 9.80 Å². The number of hydrogen-bond donors (Lipinski definition) is 0. The first-order chi connectivity index (χ1) is 15.5. The first kappa shape index (κ1) is 22.6. The van der Waals surface area contributed by atoms with Crippen molar-refractivity contribution in [2.45, 2.75) is 38.1 Å². The largest absolute Gasteiger partial charge is 0.416 e. The molecule has 0 N–H and O–H groups in total. The third-order valence-electron chi connectivity index (χ3n) is 6.19. The van der Waals surface area contributed by atoms with E-state index in [0.29, 0.717) is 12.5 Å². The number of piperazine rings is 1. The molecule has 0 bridgehead atoms. The van der Waals surface area contributed by atoms with Crippen molar-refractivity contribution in [3.8, 4) is 0 Å². The van der Waals surface area contributed by atoms with Crippen molar-refractivity contribution in [1.29, 1.82) is 0 Å². The van der Waals surface area contributed by atoms with E-state index in [1.54, 1.807) is 6.07 Å². The van der Waals surface area contributed by atoms with E-state index in [-0.39, 0.29) is 0 Å². The third-order valence-corrected chi connectivity index (χ3v) is 6.19. The van der Waals surface area contributed by atoms with Crippen LogP contribution in [-0.4, -0.2) is 35.5 Å². The van der Waals surface area contributed by atoms with Crippen LogP contribution in [0.1, 0.15) is 28.7 Å². The summed E-state index contributed by atoms with van der Waals surface area (Å²) in [6.45, 7) is 4.63. The van der Waals surface area contributed by atoms with E-state index < -0.39 is 11.7 Å². The molecule has 0 amide bonds. The molecular weight excluding hydrogens is 409 g/mol. The molecule has 1 aliphatic rings. The van der Waals surface area contributed by atoms with Crippen LogP contribution in [-0.2, 0) is 25.7 Å². The lowest BCUT2D eigenvalue weighted by Crippen LogP contribution is -2.52. The van der Waals surface area contributed by atoms with Gasteiger partial charge in [-0.2, -0.15) is 13.2 Å². The van der Waals surface area contributed by atoms with Gasteiger partial charge in [-0.3, -0.25) is 9.80 Å². The smallest absolute Gasteiger partial charge is 0.296 e. The van der Waals surface area contributed by atoms with Gasteiger partial charge in [-0.25, -0.2) is 0 Å². The minimum atomic E-state index is -4.30. The number of rotatable bonds is 7. The molecule has 5 heteroatoms. The van der Waals surface area contributed by atoms with Gasteiger partial charge in [-0.05, 0) is 35.6 Å². The van der Waals surface area contributed by atoms with E-state index in [9.17, 15) is 13.2 Å². The topological polar surface area (TPSA) is 6.48 Å². The maximum absolute atomic E-state index is 13.1. The second-order valence-electron chi connectivity index (χ2n) is 8.57. The summed E-state index contributed by atoms with van der Waals surface area (Å²) in [7, 11) is 0. The minimum Gasteiger partial charge on any atom is -0.296 e. The molecule has 1 heterocycles. The normalized spacial score (nSPS) is 18.0. The van der Waals surface area contributed by atoms with E-state index >= 15 is 0 Å². The van der Waals surface area contributed by atoms with E-state index in [0.717, 1.165) is 50.8 Å². The number of alkyl halides is 3. The predicted octanol–water partition coefficient (Wildman–Crippen LogP) is 6.02. The number of benzene rings is 3. The van der Waals surface area contributed by atoms with Crippen LogP contribution in [0.4, 0.5) is 13.2 Å². The van der Waals surface area contributed by atoms with Gasteiger partial charge in [0.05, 0.1) is 5.56 Å². The molecule has 1 aliphatic heterocycles. The van der Waals surface area contributed by atoms with Crippen molar-refractivity contribution >= 4 is 0 Å². The molecule has 1 atom stereocenters. The first-order valence-corrected chi connectivity index (χ1v) is 11.2. The molecule has 4 rings (SSSR count). The lowest BCUT2D eigenvalue weighted by atomic mass is 9.99. The van der Waals surface area contributed by atoms with Crippen LogP contribution in [0.3, 0.4) is 0 Å². The molecule has 0 unspecified atom stereocenters. The van der Waals surface area contributed by atoms with Crippen molar-refractivity contribution < 1.29 is 13.2 Å². The molecule has 3 aromatic rings. The Hall–Kier alpha value is -2.63. The maximum atomic E-state index is 13.1. The van der Waals surface area contributed by atoms with Gasteiger partial charge >= 0.3 is 6.18 Å². The van der Waals surface area contributed by atoms with E-state index in [4.69, 9.17) is 0 Å². The van der Waals surface area contributed by atoms with Crippen LogP contribution in [0, 0.1) is 0 Å². The molecule has 0 aromatic heterocycles. The van der Waals surface area contributed by atoms with Crippen LogP contribution in [0.5, 0.6) is 0 Å². The van der Waals surface area contributed by atoms with Crippen LogP contribution in [0.25, 0.3) is 0 Å². The molecule has 0 spiro atoms. The molecular formula is C27H29F3N2. The molecule has 32 heavy (non-hydrogen) atoms. The highest BCUT2D eigenvalue weighted by Gasteiger charge is 2.31. The van der Waals surface area contributed by atoms with Crippen molar-refractivity contribution in [3.63, 3.8) is 0 Å². The Morgan fingerprint density at radius 2 is 1.34 bits per heavy atom. The molecule has 1 fully saturated rings. The summed E-state index contributed by atoms with van der Waals surface area (Å²) in [5, 5.41) is 0. The second kappa shape index (κ2) is 10.3. The van der Waals surface area contributed by atoms with Gasteiger partial charge in [0.25, 0.3) is 0 Å². The van der Waals surface area contributed by atoms with Gasteiger partial charge in [-0.15, -0.1) is 0 Å². The lowest BCUT2D eigenvalue weighted by Gasteiger charge is -2.42. The zero-order chi connectivity index (χ0) is 22.4. The molecule has 0 saturated carbocycles. The predicted molar refractivity (Wildman–Crippen MR) is 122 cm³/mol.